The zero-order valence-corrected chi connectivity index (χ0v) is 15.2. The van der Waals surface area contributed by atoms with E-state index in [2.05, 4.69) is 59.0 Å². The van der Waals surface area contributed by atoms with Crippen LogP contribution in [0.1, 0.15) is 18.4 Å². The molecule has 21 heavy (non-hydrogen) atoms. The molecule has 5 heteroatoms. The number of thioether (sulfide) groups is 2. The van der Waals surface area contributed by atoms with Gasteiger partial charge in [-0.1, -0.05) is 12.1 Å². The Morgan fingerprint density at radius 3 is 2.48 bits per heavy atom. The molecule has 0 fully saturated rings. The largest absolute Gasteiger partial charge is 0.356 e. The highest BCUT2D eigenvalue weighted by Crippen LogP contribution is 2.15. The topological polar surface area (TPSA) is 27.6 Å². The Balaban J connectivity index is 2.41. The van der Waals surface area contributed by atoms with Crippen molar-refractivity contribution >= 4 is 29.5 Å². The number of nitrogens with one attached hydrogen (secondary N) is 1. The monoisotopic (exact) mass is 325 g/mol. The predicted octanol–water partition coefficient (Wildman–Crippen LogP) is 3.56. The highest BCUT2D eigenvalue weighted by molar-refractivity contribution is 7.98. The van der Waals surface area contributed by atoms with Crippen LogP contribution in [-0.4, -0.2) is 49.8 Å². The molecule has 0 radical (unpaired) electrons. The summed E-state index contributed by atoms with van der Waals surface area (Å²) in [5, 5.41) is 3.43. The van der Waals surface area contributed by atoms with Crippen LogP contribution in [0.5, 0.6) is 0 Å². The Kier molecular flexibility index (Phi) is 9.42. The Morgan fingerprint density at radius 1 is 1.19 bits per heavy atom. The van der Waals surface area contributed by atoms with E-state index in [0.29, 0.717) is 0 Å². The number of benzene rings is 1. The number of hydrogen-bond acceptors (Lipinski definition) is 3. The Hall–Kier alpha value is -0.810. The smallest absolute Gasteiger partial charge is 0.193 e. The standard InChI is InChI=1S/C16H27N3S2/c1-17-16(18-11-5-6-12-20-3)19(2)13-14-7-9-15(21-4)10-8-14/h7-10H,5-6,11-13H2,1-4H3,(H,17,18). The number of hydrogen-bond donors (Lipinski definition) is 1. The average Bonchev–Trinajstić information content (AvgIpc) is 2.51. The molecule has 0 unspecified atom stereocenters. The van der Waals surface area contributed by atoms with Gasteiger partial charge in [-0.15, -0.1) is 11.8 Å². The van der Waals surface area contributed by atoms with E-state index in [1.807, 2.05) is 18.8 Å². The lowest BCUT2D eigenvalue weighted by molar-refractivity contribution is 0.475. The Labute approximate surface area is 138 Å². The van der Waals surface area contributed by atoms with Gasteiger partial charge in [-0.05, 0) is 48.8 Å². The lowest BCUT2D eigenvalue weighted by Crippen LogP contribution is -2.38. The van der Waals surface area contributed by atoms with Gasteiger partial charge < -0.3 is 10.2 Å². The summed E-state index contributed by atoms with van der Waals surface area (Å²) in [4.78, 5) is 7.83. The molecule has 0 heterocycles. The molecule has 0 bridgehead atoms. The van der Waals surface area contributed by atoms with Gasteiger partial charge in [0, 0.05) is 32.1 Å². The summed E-state index contributed by atoms with van der Waals surface area (Å²) >= 11 is 3.68. The fraction of sp³-hybridized carbons (Fsp3) is 0.562. The van der Waals surface area contributed by atoms with Gasteiger partial charge in [0.15, 0.2) is 5.96 Å². The number of guanidine groups is 1. The molecule has 0 saturated heterocycles. The van der Waals surface area contributed by atoms with E-state index in [0.717, 1.165) is 19.0 Å². The Morgan fingerprint density at radius 2 is 1.90 bits per heavy atom. The molecule has 0 aliphatic carbocycles. The molecule has 1 aromatic carbocycles. The highest BCUT2D eigenvalue weighted by atomic mass is 32.2. The van der Waals surface area contributed by atoms with Gasteiger partial charge in [0.2, 0.25) is 0 Å². The number of rotatable bonds is 8. The first kappa shape index (κ1) is 18.2. The van der Waals surface area contributed by atoms with E-state index in [4.69, 9.17) is 0 Å². The molecule has 0 spiro atoms. The van der Waals surface area contributed by atoms with Crippen molar-refractivity contribution in [3.8, 4) is 0 Å². The molecule has 0 aromatic heterocycles. The number of nitrogens with zero attached hydrogens (tertiary/aromatic N) is 2. The van der Waals surface area contributed by atoms with Gasteiger partial charge >= 0.3 is 0 Å². The van der Waals surface area contributed by atoms with Crippen molar-refractivity contribution in [3.05, 3.63) is 29.8 Å². The van der Waals surface area contributed by atoms with Crippen LogP contribution in [0.3, 0.4) is 0 Å². The van der Waals surface area contributed by atoms with Crippen LogP contribution in [0, 0.1) is 0 Å². The minimum Gasteiger partial charge on any atom is -0.356 e. The lowest BCUT2D eigenvalue weighted by Gasteiger charge is -2.22. The summed E-state index contributed by atoms with van der Waals surface area (Å²) < 4.78 is 0. The summed E-state index contributed by atoms with van der Waals surface area (Å²) in [6, 6.07) is 8.72. The molecule has 0 aliphatic rings. The van der Waals surface area contributed by atoms with E-state index in [9.17, 15) is 0 Å². The van der Waals surface area contributed by atoms with Crippen LogP contribution in [0.2, 0.25) is 0 Å². The van der Waals surface area contributed by atoms with E-state index in [-0.39, 0.29) is 0 Å². The third-order valence-corrected chi connectivity index (χ3v) is 4.65. The molecule has 118 valence electrons. The van der Waals surface area contributed by atoms with Crippen molar-refractivity contribution < 1.29 is 0 Å². The van der Waals surface area contributed by atoms with Crippen LogP contribution in [0.25, 0.3) is 0 Å². The molecule has 1 N–H and O–H groups in total. The van der Waals surface area contributed by atoms with Gasteiger partial charge in [0.05, 0.1) is 0 Å². The first-order valence-corrected chi connectivity index (χ1v) is 9.86. The second-order valence-corrected chi connectivity index (χ2v) is 6.74. The van der Waals surface area contributed by atoms with Crippen molar-refractivity contribution in [1.82, 2.24) is 10.2 Å². The SMILES string of the molecule is CN=C(NCCCCSC)N(C)Cc1ccc(SC)cc1. The van der Waals surface area contributed by atoms with E-state index in [1.165, 1.54) is 29.1 Å². The third kappa shape index (κ3) is 7.14. The summed E-state index contributed by atoms with van der Waals surface area (Å²) in [5.74, 6) is 2.20. The first-order valence-electron chi connectivity index (χ1n) is 7.25. The number of unbranched alkanes of at least 4 members (excludes halogenated alkanes) is 1. The van der Waals surface area contributed by atoms with Crippen molar-refractivity contribution in [2.24, 2.45) is 4.99 Å². The van der Waals surface area contributed by atoms with Gasteiger partial charge in [0.25, 0.3) is 0 Å². The van der Waals surface area contributed by atoms with Crippen molar-refractivity contribution in [1.29, 1.82) is 0 Å². The van der Waals surface area contributed by atoms with Gasteiger partial charge in [0.1, 0.15) is 0 Å². The quantitative estimate of drug-likeness (QED) is 0.342. The highest BCUT2D eigenvalue weighted by Gasteiger charge is 2.06. The molecular weight excluding hydrogens is 298 g/mol. The van der Waals surface area contributed by atoms with Crippen LogP contribution < -0.4 is 5.32 Å². The van der Waals surface area contributed by atoms with Gasteiger partial charge in [-0.3, -0.25) is 4.99 Å². The van der Waals surface area contributed by atoms with Gasteiger partial charge in [-0.2, -0.15) is 11.8 Å². The second-order valence-electron chi connectivity index (χ2n) is 4.88. The fourth-order valence-electron chi connectivity index (χ4n) is 2.04. The zero-order chi connectivity index (χ0) is 15.5. The van der Waals surface area contributed by atoms with E-state index >= 15 is 0 Å². The summed E-state index contributed by atoms with van der Waals surface area (Å²) in [5.41, 5.74) is 1.31. The summed E-state index contributed by atoms with van der Waals surface area (Å²) in [6.45, 7) is 1.86. The lowest BCUT2D eigenvalue weighted by atomic mass is 10.2. The molecule has 0 aliphatic heterocycles. The minimum absolute atomic E-state index is 0.874. The normalized spacial score (nSPS) is 11.5. The summed E-state index contributed by atoms with van der Waals surface area (Å²) in [7, 11) is 3.93. The molecule has 1 rings (SSSR count). The molecule has 3 nitrogen and oxygen atoms in total. The Bertz CT molecular complexity index is 418. The van der Waals surface area contributed by atoms with E-state index in [1.54, 1.807) is 11.8 Å². The third-order valence-electron chi connectivity index (χ3n) is 3.21. The van der Waals surface area contributed by atoms with Crippen LogP contribution in [0.4, 0.5) is 0 Å². The average molecular weight is 326 g/mol. The molecule has 0 atom stereocenters. The number of aliphatic imine (C=N–C) groups is 1. The molecule has 0 amide bonds. The maximum atomic E-state index is 4.36. The predicted molar refractivity (Wildman–Crippen MR) is 98.7 cm³/mol. The molecule has 1 aromatic rings. The van der Waals surface area contributed by atoms with Gasteiger partial charge in [-0.25, -0.2) is 0 Å². The summed E-state index contributed by atoms with van der Waals surface area (Å²) in [6.07, 6.45) is 6.70. The molecular formula is C16H27N3S2. The van der Waals surface area contributed by atoms with Crippen LogP contribution in [-0.2, 0) is 6.54 Å². The first-order chi connectivity index (χ1) is 10.2. The second kappa shape index (κ2) is 10.9. The van der Waals surface area contributed by atoms with Crippen molar-refractivity contribution in [3.63, 3.8) is 0 Å². The molecule has 0 saturated carbocycles. The maximum absolute atomic E-state index is 4.36. The maximum Gasteiger partial charge on any atom is 0.193 e. The minimum atomic E-state index is 0.874. The van der Waals surface area contributed by atoms with Crippen LogP contribution in [0.15, 0.2) is 34.2 Å². The fourth-order valence-corrected chi connectivity index (χ4v) is 2.94. The van der Waals surface area contributed by atoms with Crippen molar-refractivity contribution in [2.75, 3.05) is 38.9 Å². The zero-order valence-electron chi connectivity index (χ0n) is 13.6. The van der Waals surface area contributed by atoms with Crippen molar-refractivity contribution in [2.45, 2.75) is 24.3 Å². The van der Waals surface area contributed by atoms with Crippen LogP contribution >= 0.6 is 23.5 Å². The van der Waals surface area contributed by atoms with E-state index < -0.39 is 0 Å².